The minimum Gasteiger partial charge on any atom is -0.0622 e. The molecule has 0 heteroatoms. The summed E-state index contributed by atoms with van der Waals surface area (Å²) in [7, 11) is 0. The molecule has 0 fully saturated rings. The average molecular weight is 717 g/mol. The van der Waals surface area contributed by atoms with Crippen LogP contribution in [0.15, 0.2) is 176 Å². The van der Waals surface area contributed by atoms with E-state index in [0.717, 1.165) is 6.42 Å². The Bertz CT molecular complexity index is 2820. The van der Waals surface area contributed by atoms with Crippen LogP contribution in [0.4, 0.5) is 0 Å². The van der Waals surface area contributed by atoms with Gasteiger partial charge in [-0.25, -0.2) is 0 Å². The Hall–Kier alpha value is -6.24. The number of hydrogen-bond acceptors (Lipinski definition) is 0. The van der Waals surface area contributed by atoms with Crippen LogP contribution in [-0.4, -0.2) is 0 Å². The zero-order valence-electron chi connectivity index (χ0n) is 32.5. The molecule has 0 aliphatic heterocycles. The topological polar surface area (TPSA) is 0 Å². The Balaban J connectivity index is 1.14. The van der Waals surface area contributed by atoms with Crippen molar-refractivity contribution in [2.45, 2.75) is 50.9 Å². The van der Waals surface area contributed by atoms with E-state index in [4.69, 9.17) is 0 Å². The Morgan fingerprint density at radius 3 is 1.61 bits per heavy atom. The summed E-state index contributed by atoms with van der Waals surface area (Å²) in [6, 6.07) is 67.2. The first-order valence-corrected chi connectivity index (χ1v) is 20.2. The summed E-state index contributed by atoms with van der Waals surface area (Å²) in [5.41, 5.74) is 25.5. The van der Waals surface area contributed by atoms with E-state index in [9.17, 15) is 0 Å². The van der Waals surface area contributed by atoms with Crippen LogP contribution in [0.3, 0.4) is 0 Å². The molecule has 0 radical (unpaired) electrons. The fourth-order valence-corrected chi connectivity index (χ4v) is 10.9. The van der Waals surface area contributed by atoms with Crippen molar-refractivity contribution in [3.8, 4) is 44.5 Å². The third-order valence-electron chi connectivity index (χ3n) is 13.4. The molecule has 56 heavy (non-hydrogen) atoms. The Morgan fingerprint density at radius 2 is 0.911 bits per heavy atom. The predicted octanol–water partition coefficient (Wildman–Crippen LogP) is 14.0. The Kier molecular flexibility index (Phi) is 7.18. The van der Waals surface area contributed by atoms with E-state index >= 15 is 0 Å². The highest BCUT2D eigenvalue weighted by Gasteiger charge is 2.53. The van der Waals surface area contributed by atoms with E-state index in [-0.39, 0.29) is 11.3 Å². The van der Waals surface area contributed by atoms with Gasteiger partial charge in [0.1, 0.15) is 0 Å². The lowest BCUT2D eigenvalue weighted by molar-refractivity contribution is 0.657. The Morgan fingerprint density at radius 1 is 0.393 bits per heavy atom. The van der Waals surface area contributed by atoms with Crippen LogP contribution < -0.4 is 0 Å². The lowest BCUT2D eigenvalue weighted by Crippen LogP contribution is -2.28. The summed E-state index contributed by atoms with van der Waals surface area (Å²) in [5, 5.41) is 0. The van der Waals surface area contributed by atoms with E-state index in [1.54, 1.807) is 0 Å². The third-order valence-corrected chi connectivity index (χ3v) is 13.4. The molecule has 1 atom stereocenters. The van der Waals surface area contributed by atoms with Crippen molar-refractivity contribution in [2.75, 3.05) is 0 Å². The second-order valence-corrected chi connectivity index (χ2v) is 17.0. The van der Waals surface area contributed by atoms with Crippen LogP contribution in [-0.2, 0) is 17.3 Å². The summed E-state index contributed by atoms with van der Waals surface area (Å²) in [5.74, 6) is 0.146. The summed E-state index contributed by atoms with van der Waals surface area (Å²) < 4.78 is 0. The molecule has 0 aromatic heterocycles. The number of rotatable bonds is 5. The molecule has 0 saturated carbocycles. The number of aryl methyl sites for hydroxylation is 2. The van der Waals surface area contributed by atoms with Crippen molar-refractivity contribution in [2.24, 2.45) is 0 Å². The molecule has 0 saturated heterocycles. The standard InChI is InChI=1S/C56H44/c1-35-21-28-45-46-29-22-36(2)32-53(46)56(52(45)31-35)50-20-11-9-17-43(50)47-18-12-15-41(54(47)56)33-48(39-25-23-38(24-26-39)37-13-6-5-7-14-37)40-27-30-44-42-16-8-10-19-49(42)55(3,4)51(44)34-40/h5-32,34,48H,33H2,1-4H3. The summed E-state index contributed by atoms with van der Waals surface area (Å²) in [6.07, 6.45) is 0.887. The van der Waals surface area contributed by atoms with Crippen LogP contribution in [0.2, 0.25) is 0 Å². The van der Waals surface area contributed by atoms with Crippen LogP contribution in [0.5, 0.6) is 0 Å². The minimum atomic E-state index is -0.394. The van der Waals surface area contributed by atoms with Gasteiger partial charge >= 0.3 is 0 Å². The van der Waals surface area contributed by atoms with Crippen molar-refractivity contribution in [3.63, 3.8) is 0 Å². The number of hydrogen-bond donors (Lipinski definition) is 0. The maximum Gasteiger partial charge on any atom is 0.0728 e. The molecule has 0 amide bonds. The summed E-state index contributed by atoms with van der Waals surface area (Å²) in [4.78, 5) is 0. The van der Waals surface area contributed by atoms with Crippen molar-refractivity contribution in [1.82, 2.24) is 0 Å². The van der Waals surface area contributed by atoms with Gasteiger partial charge in [-0.15, -0.1) is 0 Å². The second kappa shape index (κ2) is 12.1. The van der Waals surface area contributed by atoms with Gasteiger partial charge in [0.05, 0.1) is 5.41 Å². The smallest absolute Gasteiger partial charge is 0.0622 e. The molecule has 0 nitrogen and oxygen atoms in total. The van der Waals surface area contributed by atoms with Crippen LogP contribution in [0.1, 0.15) is 81.0 Å². The molecular weight excluding hydrogens is 673 g/mol. The van der Waals surface area contributed by atoms with Crippen molar-refractivity contribution < 1.29 is 0 Å². The third kappa shape index (κ3) is 4.59. The van der Waals surface area contributed by atoms with Gasteiger partial charge in [0.15, 0.2) is 0 Å². The van der Waals surface area contributed by atoms with Crippen molar-refractivity contribution >= 4 is 0 Å². The molecule has 0 bridgehead atoms. The molecule has 8 aromatic carbocycles. The van der Waals surface area contributed by atoms with E-state index in [0.29, 0.717) is 0 Å². The van der Waals surface area contributed by atoms with Gasteiger partial charge in [-0.1, -0.05) is 201 Å². The maximum absolute atomic E-state index is 2.55. The van der Waals surface area contributed by atoms with Gasteiger partial charge in [0.25, 0.3) is 0 Å². The highest BCUT2D eigenvalue weighted by atomic mass is 14.5. The number of fused-ring (bicyclic) bond motifs is 13. The van der Waals surface area contributed by atoms with E-state index < -0.39 is 5.41 Å². The first-order valence-electron chi connectivity index (χ1n) is 20.2. The fourth-order valence-electron chi connectivity index (χ4n) is 10.9. The van der Waals surface area contributed by atoms with Gasteiger partial charge in [-0.05, 0) is 115 Å². The molecule has 1 unspecified atom stereocenters. The van der Waals surface area contributed by atoms with Gasteiger partial charge in [0, 0.05) is 11.3 Å². The Labute approximate surface area is 331 Å². The second-order valence-electron chi connectivity index (χ2n) is 17.0. The molecule has 11 rings (SSSR count). The van der Waals surface area contributed by atoms with Crippen LogP contribution >= 0.6 is 0 Å². The maximum atomic E-state index is 2.55. The monoisotopic (exact) mass is 716 g/mol. The molecule has 8 aromatic rings. The van der Waals surface area contributed by atoms with Gasteiger partial charge < -0.3 is 0 Å². The van der Waals surface area contributed by atoms with Gasteiger partial charge in [-0.2, -0.15) is 0 Å². The minimum absolute atomic E-state index is 0.0731. The first-order chi connectivity index (χ1) is 27.3. The van der Waals surface area contributed by atoms with Crippen LogP contribution in [0.25, 0.3) is 44.5 Å². The zero-order valence-corrected chi connectivity index (χ0v) is 32.5. The number of benzene rings is 8. The summed E-state index contributed by atoms with van der Waals surface area (Å²) >= 11 is 0. The van der Waals surface area contributed by atoms with Gasteiger partial charge in [0.2, 0.25) is 0 Å². The molecule has 1 spiro atoms. The van der Waals surface area contributed by atoms with E-state index in [2.05, 4.69) is 204 Å². The van der Waals surface area contributed by atoms with Crippen molar-refractivity contribution in [3.05, 3.63) is 237 Å². The van der Waals surface area contributed by atoms with Gasteiger partial charge in [-0.3, -0.25) is 0 Å². The summed E-state index contributed by atoms with van der Waals surface area (Å²) in [6.45, 7) is 9.29. The SMILES string of the molecule is Cc1ccc2c(c1)C1(c3cc(C)ccc3-2)c2ccccc2-c2cccc(CC(c3ccc(-c4ccccc4)cc3)c3ccc4c(c3)C(C)(C)c3ccccc3-4)c21. The lowest BCUT2D eigenvalue weighted by atomic mass is 9.68. The quantitative estimate of drug-likeness (QED) is 0.166. The average Bonchev–Trinajstić information content (AvgIpc) is 3.78. The molecule has 268 valence electrons. The first kappa shape index (κ1) is 33.1. The zero-order chi connectivity index (χ0) is 37.8. The van der Waals surface area contributed by atoms with E-state index in [1.165, 1.54) is 106 Å². The fraction of sp³-hybridized carbons (Fsp3) is 0.143. The van der Waals surface area contributed by atoms with Crippen LogP contribution in [0, 0.1) is 13.8 Å². The predicted molar refractivity (Wildman–Crippen MR) is 234 cm³/mol. The molecule has 0 N–H and O–H groups in total. The highest BCUT2D eigenvalue weighted by molar-refractivity contribution is 5.96. The van der Waals surface area contributed by atoms with E-state index in [1.807, 2.05) is 0 Å². The molecule has 3 aliphatic carbocycles. The molecular formula is C56H44. The normalized spacial score (nSPS) is 15.1. The molecule has 0 heterocycles. The van der Waals surface area contributed by atoms with Crippen molar-refractivity contribution in [1.29, 1.82) is 0 Å². The largest absolute Gasteiger partial charge is 0.0728 e. The highest BCUT2D eigenvalue weighted by Crippen LogP contribution is 2.64. The molecule has 3 aliphatic rings. The lowest BCUT2D eigenvalue weighted by Gasteiger charge is -2.33.